The minimum atomic E-state index is -4.34. The van der Waals surface area contributed by atoms with Gasteiger partial charge in [0.05, 0.1) is 4.92 Å². The number of nitrogens with zero attached hydrogens (tertiary/aromatic N) is 3. The van der Waals surface area contributed by atoms with Crippen molar-refractivity contribution in [2.24, 2.45) is 0 Å². The minimum absolute atomic E-state index is 0.454. The Morgan fingerprint density at radius 3 is 2.17 bits per heavy atom. The van der Waals surface area contributed by atoms with Crippen LogP contribution in [0.2, 0.25) is 0 Å². The molecule has 4 aromatic rings. The van der Waals surface area contributed by atoms with Gasteiger partial charge in [-0.25, -0.2) is 13.1 Å². The van der Waals surface area contributed by atoms with Crippen molar-refractivity contribution in [1.29, 1.82) is 0 Å². The lowest BCUT2D eigenvalue weighted by Gasteiger charge is -2.18. The molecule has 0 bridgehead atoms. The molecule has 8 heteroatoms. The molecule has 0 fully saturated rings. The molecule has 1 heterocycles. The van der Waals surface area contributed by atoms with Gasteiger partial charge in [0.25, 0.3) is 5.69 Å². The Kier molecular flexibility index (Phi) is 4.69. The van der Waals surface area contributed by atoms with E-state index in [1.54, 1.807) is 6.20 Å². The van der Waals surface area contributed by atoms with Crippen LogP contribution < -0.4 is 4.68 Å². The summed E-state index contributed by atoms with van der Waals surface area (Å²) in [7, 11) is -4.34. The van der Waals surface area contributed by atoms with Gasteiger partial charge in [-0.3, -0.25) is 10.1 Å². The van der Waals surface area contributed by atoms with E-state index >= 15 is 0 Å². The predicted molar refractivity (Wildman–Crippen MR) is 109 cm³/mol. The van der Waals surface area contributed by atoms with Gasteiger partial charge in [0.15, 0.2) is 16.2 Å². The van der Waals surface area contributed by atoms with Crippen LogP contribution in [0.25, 0.3) is 26.9 Å². The molecule has 7 nitrogen and oxygen atoms in total. The summed E-state index contributed by atoms with van der Waals surface area (Å²) in [4.78, 5) is 14.0. The number of hydrogen-bond acceptors (Lipinski definition) is 4. The van der Waals surface area contributed by atoms with Crippen molar-refractivity contribution < 1.29 is 18.0 Å². The van der Waals surface area contributed by atoms with Gasteiger partial charge < -0.3 is 4.83 Å². The maximum atomic E-state index is 13.0. The Bertz CT molecular complexity index is 1320. The van der Waals surface area contributed by atoms with Gasteiger partial charge in [-0.2, -0.15) is 0 Å². The SMILES string of the molecule is O=[N+]([O-])c1ccccc1S(=O)(=O)[N-][n+]1cc2ccccc2cc1-c1ccccc1. The lowest BCUT2D eigenvalue weighted by Crippen LogP contribution is -2.34. The molecule has 1 aromatic heterocycles. The second-order valence-electron chi connectivity index (χ2n) is 6.28. The zero-order valence-electron chi connectivity index (χ0n) is 15.0. The molecule has 3 aromatic carbocycles. The zero-order chi connectivity index (χ0) is 20.4. The number of para-hydroxylation sites is 1. The summed E-state index contributed by atoms with van der Waals surface area (Å²) in [6.45, 7) is 0. The molecule has 0 spiro atoms. The molecule has 144 valence electrons. The molecule has 0 saturated carbocycles. The van der Waals surface area contributed by atoms with Crippen LogP contribution in [-0.2, 0) is 10.0 Å². The molecule has 0 atom stereocenters. The summed E-state index contributed by atoms with van der Waals surface area (Å²) < 4.78 is 27.2. The van der Waals surface area contributed by atoms with Gasteiger partial charge >= 0.3 is 0 Å². The van der Waals surface area contributed by atoms with E-state index in [-0.39, 0.29) is 0 Å². The second-order valence-corrected chi connectivity index (χ2v) is 7.83. The van der Waals surface area contributed by atoms with Crippen LogP contribution in [-0.4, -0.2) is 13.3 Å². The topological polar surface area (TPSA) is 95.3 Å². The number of rotatable bonds is 5. The molecule has 0 unspecified atom stereocenters. The van der Waals surface area contributed by atoms with E-state index in [1.165, 1.54) is 22.9 Å². The molecule has 4 rings (SSSR count). The molecule has 0 amide bonds. The highest BCUT2D eigenvalue weighted by atomic mass is 32.2. The van der Waals surface area contributed by atoms with Crippen LogP contribution in [0.4, 0.5) is 5.69 Å². The summed E-state index contributed by atoms with van der Waals surface area (Å²) in [6.07, 6.45) is 1.60. The van der Waals surface area contributed by atoms with Crippen LogP contribution in [0, 0.1) is 10.1 Å². The van der Waals surface area contributed by atoms with E-state index in [2.05, 4.69) is 4.83 Å². The Morgan fingerprint density at radius 2 is 1.45 bits per heavy atom. The van der Waals surface area contributed by atoms with E-state index in [1.807, 2.05) is 60.7 Å². The van der Waals surface area contributed by atoms with E-state index in [4.69, 9.17) is 0 Å². The first-order valence-corrected chi connectivity index (χ1v) is 10.1. The Balaban J connectivity index is 1.89. The van der Waals surface area contributed by atoms with Crippen LogP contribution in [0.3, 0.4) is 0 Å². The lowest BCUT2D eigenvalue weighted by molar-refractivity contribution is -0.600. The van der Waals surface area contributed by atoms with E-state index in [0.717, 1.165) is 22.4 Å². The van der Waals surface area contributed by atoms with E-state index in [9.17, 15) is 18.5 Å². The average Bonchev–Trinajstić information content (AvgIpc) is 2.73. The quantitative estimate of drug-likeness (QED) is 0.282. The predicted octanol–water partition coefficient (Wildman–Crippen LogP) is 4.23. The van der Waals surface area contributed by atoms with Crippen molar-refractivity contribution in [3.05, 3.63) is 106 Å². The summed E-state index contributed by atoms with van der Waals surface area (Å²) >= 11 is 0. The lowest BCUT2D eigenvalue weighted by atomic mass is 10.1. The van der Waals surface area contributed by atoms with Gasteiger partial charge in [-0.15, -0.1) is 0 Å². The van der Waals surface area contributed by atoms with E-state index in [0.29, 0.717) is 5.69 Å². The van der Waals surface area contributed by atoms with E-state index < -0.39 is 25.5 Å². The summed E-state index contributed by atoms with van der Waals surface area (Å²) in [5.41, 5.74) is 0.796. The number of benzene rings is 3. The van der Waals surface area contributed by atoms with Gasteiger partial charge in [-0.1, -0.05) is 48.5 Å². The van der Waals surface area contributed by atoms with Crippen molar-refractivity contribution in [2.75, 3.05) is 0 Å². The fourth-order valence-corrected chi connectivity index (χ4v) is 4.16. The molecule has 29 heavy (non-hydrogen) atoms. The highest BCUT2D eigenvalue weighted by Crippen LogP contribution is 2.28. The highest BCUT2D eigenvalue weighted by Gasteiger charge is 2.23. The first kappa shape index (κ1) is 18.6. The van der Waals surface area contributed by atoms with Crippen LogP contribution in [0.1, 0.15) is 0 Å². The number of fused-ring (bicyclic) bond motifs is 1. The third-order valence-electron chi connectivity index (χ3n) is 4.40. The molecule has 0 aliphatic rings. The first-order chi connectivity index (χ1) is 14.0. The van der Waals surface area contributed by atoms with Crippen molar-refractivity contribution >= 4 is 26.5 Å². The van der Waals surface area contributed by atoms with Gasteiger partial charge in [0.2, 0.25) is 5.69 Å². The molecule has 0 saturated heterocycles. The standard InChI is InChI=1S/C21H15N3O4S/c25-24(26)19-12-6-7-13-21(19)29(27,28)22-23-15-18-11-5-4-10-17(18)14-20(23)16-8-2-1-3-9-16/h1-15H. The first-order valence-electron chi connectivity index (χ1n) is 8.67. The largest absolute Gasteiger partial charge is 0.317 e. The number of nitro benzene ring substituents is 1. The number of pyridine rings is 1. The molecule has 0 aliphatic carbocycles. The Morgan fingerprint density at radius 1 is 0.828 bits per heavy atom. The maximum absolute atomic E-state index is 13.0. The zero-order valence-corrected chi connectivity index (χ0v) is 15.9. The van der Waals surface area contributed by atoms with Crippen molar-refractivity contribution in [3.8, 4) is 11.3 Å². The normalized spacial score (nSPS) is 11.3. The number of nitro groups is 1. The highest BCUT2D eigenvalue weighted by molar-refractivity contribution is 7.93. The smallest absolute Gasteiger partial charge is 0.286 e. The third kappa shape index (κ3) is 3.65. The molecular formula is C21H15N3O4S. The second kappa shape index (κ2) is 7.33. The molecule has 0 radical (unpaired) electrons. The third-order valence-corrected chi connectivity index (χ3v) is 5.69. The fourth-order valence-electron chi connectivity index (χ4n) is 3.05. The van der Waals surface area contributed by atoms with Crippen LogP contribution in [0.15, 0.2) is 96.0 Å². The molecule has 0 N–H and O–H groups in total. The maximum Gasteiger partial charge on any atom is 0.286 e. The van der Waals surface area contributed by atoms with Crippen molar-refractivity contribution in [3.63, 3.8) is 0 Å². The molecule has 0 aliphatic heterocycles. The Hall–Kier alpha value is -3.78. The Labute approximate surface area is 167 Å². The van der Waals surface area contributed by atoms with Crippen molar-refractivity contribution in [2.45, 2.75) is 4.90 Å². The van der Waals surface area contributed by atoms with Crippen LogP contribution in [0.5, 0.6) is 0 Å². The summed E-state index contributed by atoms with van der Waals surface area (Å²) in [5, 5.41) is 13.0. The average molecular weight is 405 g/mol. The van der Waals surface area contributed by atoms with Gasteiger partial charge in [0, 0.05) is 23.1 Å². The van der Waals surface area contributed by atoms with Gasteiger partial charge in [-0.05, 0) is 29.7 Å². The number of hydrogen-bond donors (Lipinski definition) is 0. The van der Waals surface area contributed by atoms with Crippen molar-refractivity contribution in [1.82, 2.24) is 0 Å². The number of sulfonamides is 1. The molecular weight excluding hydrogens is 390 g/mol. The number of aromatic nitrogens is 1. The van der Waals surface area contributed by atoms with Gasteiger partial charge in [0.1, 0.15) is 4.90 Å². The fraction of sp³-hybridized carbons (Fsp3) is 0. The summed E-state index contributed by atoms with van der Waals surface area (Å²) in [5.74, 6) is 0. The van der Waals surface area contributed by atoms with Crippen LogP contribution >= 0.6 is 0 Å². The minimum Gasteiger partial charge on any atom is -0.317 e. The monoisotopic (exact) mass is 405 g/mol. The summed E-state index contributed by atoms with van der Waals surface area (Å²) in [6, 6.07) is 23.7.